The molecule has 1 aliphatic carbocycles. The van der Waals surface area contributed by atoms with E-state index in [0.717, 1.165) is 35.4 Å². The Labute approximate surface area is 157 Å². The first-order chi connectivity index (χ1) is 13.1. The summed E-state index contributed by atoms with van der Waals surface area (Å²) in [5.74, 6) is 2.85. The largest absolute Gasteiger partial charge is 0.493 e. The van der Waals surface area contributed by atoms with Crippen molar-refractivity contribution in [3.05, 3.63) is 46.5 Å². The number of benzene rings is 2. The molecule has 1 atom stereocenters. The van der Waals surface area contributed by atoms with Crippen LogP contribution in [0.3, 0.4) is 0 Å². The van der Waals surface area contributed by atoms with Gasteiger partial charge in [0.25, 0.3) is 0 Å². The highest BCUT2D eigenvalue weighted by molar-refractivity contribution is 6.09. The van der Waals surface area contributed by atoms with Crippen LogP contribution in [0, 0.1) is 0 Å². The number of fused-ring (bicyclic) bond motifs is 4. The van der Waals surface area contributed by atoms with Crippen LogP contribution >= 0.6 is 0 Å². The molecule has 140 valence electrons. The fourth-order valence-electron chi connectivity index (χ4n) is 4.72. The molecule has 1 spiro atoms. The summed E-state index contributed by atoms with van der Waals surface area (Å²) in [5.41, 5.74) is 2.99. The van der Waals surface area contributed by atoms with Crippen LogP contribution in [0.2, 0.25) is 0 Å². The number of hydrogen-bond acceptors (Lipinski definition) is 6. The van der Waals surface area contributed by atoms with Gasteiger partial charge in [-0.1, -0.05) is 0 Å². The monoisotopic (exact) mass is 367 g/mol. The average Bonchev–Trinajstić information content (AvgIpc) is 3.26. The zero-order valence-corrected chi connectivity index (χ0v) is 15.6. The number of ether oxygens (including phenoxy) is 4. The maximum Gasteiger partial charge on any atom is 0.231 e. The lowest BCUT2D eigenvalue weighted by molar-refractivity contribution is 0.0615. The smallest absolute Gasteiger partial charge is 0.231 e. The Morgan fingerprint density at radius 3 is 2.63 bits per heavy atom. The highest BCUT2D eigenvalue weighted by Gasteiger charge is 2.54. The molecule has 0 fully saturated rings. The normalized spacial score (nSPS) is 22.7. The van der Waals surface area contributed by atoms with Gasteiger partial charge in [0.15, 0.2) is 28.8 Å². The maximum atomic E-state index is 13.7. The van der Waals surface area contributed by atoms with Crippen LogP contribution in [-0.4, -0.2) is 45.3 Å². The molecule has 0 aromatic heterocycles. The van der Waals surface area contributed by atoms with Crippen LogP contribution in [0.5, 0.6) is 23.0 Å². The predicted octanol–water partition coefficient (Wildman–Crippen LogP) is 2.55. The molecular weight excluding hydrogens is 346 g/mol. The van der Waals surface area contributed by atoms with Crippen molar-refractivity contribution >= 4 is 5.78 Å². The van der Waals surface area contributed by atoms with Crippen LogP contribution < -0.4 is 18.9 Å². The van der Waals surface area contributed by atoms with Gasteiger partial charge >= 0.3 is 0 Å². The molecular formula is C21H21NO5. The standard InChI is InChI=1S/C21H21NO5/c1-22-7-6-12-8-17-18(27-11-26-17)9-15(12)21(22)10-14-13(20(21)23)4-5-16(24-2)19(14)25-3/h4-5,8-9H,6-7,10-11H2,1-3H3/t21-/m0/s1. The average molecular weight is 367 g/mol. The number of methoxy groups -OCH3 is 2. The Balaban J connectivity index is 1.73. The molecule has 6 heteroatoms. The van der Waals surface area contributed by atoms with Crippen LogP contribution in [0.4, 0.5) is 0 Å². The van der Waals surface area contributed by atoms with Crippen molar-refractivity contribution in [3.63, 3.8) is 0 Å². The van der Waals surface area contributed by atoms with E-state index in [1.54, 1.807) is 20.3 Å². The lowest BCUT2D eigenvalue weighted by atomic mass is 9.77. The summed E-state index contributed by atoms with van der Waals surface area (Å²) in [6.45, 7) is 1.02. The summed E-state index contributed by atoms with van der Waals surface area (Å²) in [7, 11) is 5.24. The SMILES string of the molecule is COc1ccc2c(c1OC)C[C@@]1(C2=O)c2cc3c(cc2CCN1C)OCO3. The van der Waals surface area contributed by atoms with E-state index < -0.39 is 5.54 Å². The van der Waals surface area contributed by atoms with Crippen molar-refractivity contribution in [1.82, 2.24) is 4.90 Å². The lowest BCUT2D eigenvalue weighted by Crippen LogP contribution is -2.52. The number of nitrogens with zero attached hydrogens (tertiary/aromatic N) is 1. The van der Waals surface area contributed by atoms with E-state index >= 15 is 0 Å². The minimum Gasteiger partial charge on any atom is -0.493 e. The molecule has 2 heterocycles. The lowest BCUT2D eigenvalue weighted by Gasteiger charge is -2.42. The van der Waals surface area contributed by atoms with Crippen molar-refractivity contribution in [3.8, 4) is 23.0 Å². The second kappa shape index (κ2) is 5.63. The van der Waals surface area contributed by atoms with Gasteiger partial charge < -0.3 is 18.9 Å². The third kappa shape index (κ3) is 2.02. The summed E-state index contributed by atoms with van der Waals surface area (Å²) in [4.78, 5) is 15.9. The van der Waals surface area contributed by atoms with Crippen molar-refractivity contribution in [2.45, 2.75) is 18.4 Å². The number of carbonyl (C=O) groups is 1. The molecule has 0 saturated heterocycles. The van der Waals surface area contributed by atoms with E-state index in [1.807, 2.05) is 25.2 Å². The first kappa shape index (κ1) is 16.4. The summed E-state index contributed by atoms with van der Waals surface area (Å²) in [6.07, 6.45) is 1.42. The van der Waals surface area contributed by atoms with Crippen molar-refractivity contribution in [2.75, 3.05) is 34.6 Å². The van der Waals surface area contributed by atoms with Crippen molar-refractivity contribution in [2.24, 2.45) is 0 Å². The van der Waals surface area contributed by atoms with Gasteiger partial charge in [0, 0.05) is 24.1 Å². The number of carbonyl (C=O) groups excluding carboxylic acids is 1. The molecule has 27 heavy (non-hydrogen) atoms. The van der Waals surface area contributed by atoms with E-state index in [-0.39, 0.29) is 12.6 Å². The van der Waals surface area contributed by atoms with Gasteiger partial charge in [-0.25, -0.2) is 0 Å². The zero-order valence-electron chi connectivity index (χ0n) is 15.6. The summed E-state index contributed by atoms with van der Waals surface area (Å²) < 4.78 is 22.2. The fraction of sp³-hybridized carbons (Fsp3) is 0.381. The molecule has 5 rings (SSSR count). The number of hydrogen-bond donors (Lipinski definition) is 0. The highest BCUT2D eigenvalue weighted by atomic mass is 16.7. The van der Waals surface area contributed by atoms with Gasteiger partial charge in [-0.15, -0.1) is 0 Å². The molecule has 0 bridgehead atoms. The quantitative estimate of drug-likeness (QED) is 0.813. The van der Waals surface area contributed by atoms with Gasteiger partial charge in [-0.2, -0.15) is 0 Å². The first-order valence-electron chi connectivity index (χ1n) is 9.03. The Hall–Kier alpha value is -2.73. The van der Waals surface area contributed by atoms with Crippen LogP contribution in [0.15, 0.2) is 24.3 Å². The molecule has 2 aromatic rings. The molecule has 2 aliphatic heterocycles. The fourth-order valence-corrected chi connectivity index (χ4v) is 4.72. The minimum absolute atomic E-state index is 0.0979. The second-order valence-electron chi connectivity index (χ2n) is 7.23. The number of Topliss-reactive ketones (excluding diaryl/α,β-unsaturated/α-hetero) is 1. The summed E-state index contributed by atoms with van der Waals surface area (Å²) >= 11 is 0. The van der Waals surface area contributed by atoms with Gasteiger partial charge in [-0.3, -0.25) is 9.69 Å². The maximum absolute atomic E-state index is 13.7. The number of likely N-dealkylation sites (N-methyl/N-ethyl adjacent to an activating group) is 1. The topological polar surface area (TPSA) is 57.2 Å². The molecule has 0 saturated carbocycles. The van der Waals surface area contributed by atoms with Gasteiger partial charge in [0.05, 0.1) is 14.2 Å². The molecule has 6 nitrogen and oxygen atoms in total. The minimum atomic E-state index is -0.753. The molecule has 2 aromatic carbocycles. The summed E-state index contributed by atoms with van der Waals surface area (Å²) in [5, 5.41) is 0. The van der Waals surface area contributed by atoms with E-state index in [0.29, 0.717) is 29.2 Å². The number of ketones is 1. The Morgan fingerprint density at radius 1 is 1.11 bits per heavy atom. The molecule has 0 unspecified atom stereocenters. The highest BCUT2D eigenvalue weighted by Crippen LogP contribution is 2.51. The Bertz CT molecular complexity index is 970. The second-order valence-corrected chi connectivity index (χ2v) is 7.23. The van der Waals surface area contributed by atoms with Crippen LogP contribution in [0.25, 0.3) is 0 Å². The van der Waals surface area contributed by atoms with E-state index in [2.05, 4.69) is 4.90 Å². The van der Waals surface area contributed by atoms with Crippen LogP contribution in [0.1, 0.15) is 27.0 Å². The van der Waals surface area contributed by atoms with Gasteiger partial charge in [-0.05, 0) is 48.9 Å². The zero-order chi connectivity index (χ0) is 18.8. The third-order valence-corrected chi connectivity index (χ3v) is 6.11. The van der Waals surface area contributed by atoms with E-state index in [1.165, 1.54) is 0 Å². The Kier molecular flexibility index (Phi) is 3.43. The van der Waals surface area contributed by atoms with E-state index in [4.69, 9.17) is 18.9 Å². The van der Waals surface area contributed by atoms with Gasteiger partial charge in [0.2, 0.25) is 6.79 Å². The van der Waals surface area contributed by atoms with Crippen molar-refractivity contribution in [1.29, 1.82) is 0 Å². The Morgan fingerprint density at radius 2 is 1.89 bits per heavy atom. The number of rotatable bonds is 2. The third-order valence-electron chi connectivity index (χ3n) is 6.11. The molecule has 0 amide bonds. The molecule has 0 N–H and O–H groups in total. The van der Waals surface area contributed by atoms with Crippen LogP contribution in [-0.2, 0) is 18.4 Å². The van der Waals surface area contributed by atoms with Gasteiger partial charge in [0.1, 0.15) is 5.54 Å². The van der Waals surface area contributed by atoms with E-state index in [9.17, 15) is 4.79 Å². The molecule has 3 aliphatic rings. The molecule has 0 radical (unpaired) electrons. The predicted molar refractivity (Wildman–Crippen MR) is 98.2 cm³/mol. The first-order valence-corrected chi connectivity index (χ1v) is 9.03. The summed E-state index contributed by atoms with van der Waals surface area (Å²) in [6, 6.07) is 7.67. The van der Waals surface area contributed by atoms with Crippen molar-refractivity contribution < 1.29 is 23.7 Å².